The van der Waals surface area contributed by atoms with Crippen LogP contribution in [0.3, 0.4) is 0 Å². The summed E-state index contributed by atoms with van der Waals surface area (Å²) in [5.41, 5.74) is 1.17. The minimum atomic E-state index is 0.584. The zero-order valence-corrected chi connectivity index (χ0v) is 7.62. The van der Waals surface area contributed by atoms with E-state index in [1.54, 1.807) is 12.4 Å². The maximum absolute atomic E-state index is 4.14. The number of hydrogen-bond acceptors (Lipinski definition) is 2. The van der Waals surface area contributed by atoms with Crippen LogP contribution in [0.5, 0.6) is 0 Å². The van der Waals surface area contributed by atoms with Gasteiger partial charge in [-0.3, -0.25) is 4.98 Å². The van der Waals surface area contributed by atoms with Gasteiger partial charge >= 0.3 is 0 Å². The smallest absolute Gasteiger partial charge is 0.133 e. The fraction of sp³-hybridized carbons (Fsp3) is 0. The zero-order valence-electron chi connectivity index (χ0n) is 7.62. The highest BCUT2D eigenvalue weighted by atomic mass is 14.8. The van der Waals surface area contributed by atoms with Crippen molar-refractivity contribution in [2.24, 2.45) is 0 Å². The Labute approximate surface area is 83.4 Å². The molecule has 0 aromatic carbocycles. The Morgan fingerprint density at radius 2 is 1.50 bits per heavy atom. The molecule has 0 bridgehead atoms. The highest BCUT2D eigenvalue weighted by molar-refractivity contribution is 5.34. The van der Waals surface area contributed by atoms with Crippen molar-refractivity contribution >= 4 is 0 Å². The molecule has 0 aliphatic heterocycles. The van der Waals surface area contributed by atoms with Gasteiger partial charge in [-0.2, -0.15) is 0 Å². The van der Waals surface area contributed by atoms with Crippen LogP contribution < -0.4 is 0 Å². The van der Waals surface area contributed by atoms with Gasteiger partial charge in [0.25, 0.3) is 0 Å². The second kappa shape index (κ2) is 5.35. The van der Waals surface area contributed by atoms with E-state index in [4.69, 9.17) is 0 Å². The lowest BCUT2D eigenvalue weighted by Crippen LogP contribution is -1.89. The molecule has 2 heteroatoms. The van der Waals surface area contributed by atoms with Crippen LogP contribution in [-0.2, 0) is 0 Å². The lowest BCUT2D eigenvalue weighted by atomic mass is 10.4. The summed E-state index contributed by atoms with van der Waals surface area (Å²) in [6.45, 7) is 6.97. The van der Waals surface area contributed by atoms with Crippen molar-refractivity contribution in [3.63, 3.8) is 0 Å². The predicted octanol–water partition coefficient (Wildman–Crippen LogP) is 1.55. The Morgan fingerprint density at radius 3 is 1.93 bits per heavy atom. The highest BCUT2D eigenvalue weighted by Gasteiger charge is 1.90. The van der Waals surface area contributed by atoms with Gasteiger partial charge in [0.05, 0.1) is 12.4 Å². The van der Waals surface area contributed by atoms with Crippen molar-refractivity contribution < 1.29 is 0 Å². The Hall–Kier alpha value is -2.32. The van der Waals surface area contributed by atoms with Gasteiger partial charge in [0, 0.05) is 0 Å². The molecular formula is C12H8N2. The second-order valence-corrected chi connectivity index (χ2v) is 2.24. The van der Waals surface area contributed by atoms with Gasteiger partial charge < -0.3 is 0 Å². The average molecular weight is 180 g/mol. The van der Waals surface area contributed by atoms with Gasteiger partial charge in [-0.15, -0.1) is 0 Å². The number of hydrogen-bond donors (Lipinski definition) is 0. The Balaban J connectivity index is 3.00. The molecule has 0 saturated carbocycles. The molecule has 0 N–H and O–H groups in total. The van der Waals surface area contributed by atoms with Crippen molar-refractivity contribution in [2.75, 3.05) is 0 Å². The van der Waals surface area contributed by atoms with Crippen molar-refractivity contribution in [1.29, 1.82) is 0 Å². The minimum absolute atomic E-state index is 0.584. The standard InChI is InChI=1S/C12H8N2/c1-3-5-7-11-9-13-10-12(14-11)8-6-4-2/h3-4,9-10H,1-2H2. The number of allylic oxidation sites excluding steroid dienone is 2. The van der Waals surface area contributed by atoms with E-state index in [-0.39, 0.29) is 0 Å². The van der Waals surface area contributed by atoms with Crippen molar-refractivity contribution in [3.8, 4) is 23.7 Å². The molecule has 2 nitrogen and oxygen atoms in total. The molecule has 0 saturated heterocycles. The number of aromatic nitrogens is 2. The molecule has 0 atom stereocenters. The summed E-state index contributed by atoms with van der Waals surface area (Å²) < 4.78 is 0. The van der Waals surface area contributed by atoms with Gasteiger partial charge in [-0.05, 0) is 24.0 Å². The third kappa shape index (κ3) is 2.97. The first-order valence-electron chi connectivity index (χ1n) is 3.93. The fourth-order valence-corrected chi connectivity index (χ4v) is 0.736. The van der Waals surface area contributed by atoms with Crippen LogP contribution in [0.2, 0.25) is 0 Å². The zero-order chi connectivity index (χ0) is 10.2. The molecule has 1 aromatic rings. The highest BCUT2D eigenvalue weighted by Crippen LogP contribution is 1.92. The maximum Gasteiger partial charge on any atom is 0.133 e. The van der Waals surface area contributed by atoms with E-state index in [1.807, 2.05) is 0 Å². The molecule has 1 rings (SSSR count). The summed E-state index contributed by atoms with van der Waals surface area (Å²) >= 11 is 0. The summed E-state index contributed by atoms with van der Waals surface area (Å²) in [5, 5.41) is 0. The number of rotatable bonds is 0. The van der Waals surface area contributed by atoms with E-state index in [0.29, 0.717) is 11.4 Å². The summed E-state index contributed by atoms with van der Waals surface area (Å²) in [5.74, 6) is 10.9. The predicted molar refractivity (Wildman–Crippen MR) is 56.2 cm³/mol. The van der Waals surface area contributed by atoms with Crippen LogP contribution in [-0.4, -0.2) is 9.97 Å². The van der Waals surface area contributed by atoms with Gasteiger partial charge in [-0.25, -0.2) is 4.98 Å². The van der Waals surface area contributed by atoms with E-state index >= 15 is 0 Å². The first-order valence-corrected chi connectivity index (χ1v) is 3.93. The third-order valence-corrected chi connectivity index (χ3v) is 1.24. The Bertz CT molecular complexity index is 423. The molecule has 0 amide bonds. The van der Waals surface area contributed by atoms with Crippen molar-refractivity contribution in [3.05, 3.63) is 49.1 Å². The molecule has 0 aliphatic carbocycles. The molecule has 14 heavy (non-hydrogen) atoms. The molecular weight excluding hydrogens is 172 g/mol. The summed E-state index contributed by atoms with van der Waals surface area (Å²) in [4.78, 5) is 8.10. The summed E-state index contributed by atoms with van der Waals surface area (Å²) in [6.07, 6.45) is 6.17. The summed E-state index contributed by atoms with van der Waals surface area (Å²) in [7, 11) is 0. The van der Waals surface area contributed by atoms with E-state index in [1.165, 1.54) is 12.2 Å². The molecule has 1 aromatic heterocycles. The van der Waals surface area contributed by atoms with Gasteiger partial charge in [-0.1, -0.05) is 25.0 Å². The lowest BCUT2D eigenvalue weighted by molar-refractivity contribution is 1.15. The average Bonchev–Trinajstić information content (AvgIpc) is 2.24. The summed E-state index contributed by atoms with van der Waals surface area (Å²) in [6, 6.07) is 0. The minimum Gasteiger partial charge on any atom is -0.259 e. The Kier molecular flexibility index (Phi) is 3.73. The molecule has 0 aliphatic rings. The lowest BCUT2D eigenvalue weighted by Gasteiger charge is -1.89. The molecule has 0 unspecified atom stereocenters. The van der Waals surface area contributed by atoms with Crippen LogP contribution in [0.1, 0.15) is 11.4 Å². The quantitative estimate of drug-likeness (QED) is 0.566. The first-order chi connectivity index (χ1) is 6.86. The fourth-order valence-electron chi connectivity index (χ4n) is 0.736. The second-order valence-electron chi connectivity index (χ2n) is 2.24. The molecule has 66 valence electrons. The van der Waals surface area contributed by atoms with Gasteiger partial charge in [0.2, 0.25) is 0 Å². The molecule has 1 heterocycles. The van der Waals surface area contributed by atoms with E-state index in [2.05, 4.69) is 46.8 Å². The van der Waals surface area contributed by atoms with E-state index in [9.17, 15) is 0 Å². The SMILES string of the molecule is C=CC#Cc1cncc(C#CC=C)n1. The van der Waals surface area contributed by atoms with Gasteiger partial charge in [0.15, 0.2) is 0 Å². The monoisotopic (exact) mass is 180 g/mol. The van der Waals surface area contributed by atoms with Crippen LogP contribution in [0.15, 0.2) is 37.7 Å². The maximum atomic E-state index is 4.14. The van der Waals surface area contributed by atoms with Crippen LogP contribution >= 0.6 is 0 Å². The molecule has 0 fully saturated rings. The molecule has 0 radical (unpaired) electrons. The molecule has 0 spiro atoms. The van der Waals surface area contributed by atoms with Crippen LogP contribution in [0.4, 0.5) is 0 Å². The van der Waals surface area contributed by atoms with Gasteiger partial charge in [0.1, 0.15) is 11.4 Å². The third-order valence-electron chi connectivity index (χ3n) is 1.24. The van der Waals surface area contributed by atoms with Crippen molar-refractivity contribution in [2.45, 2.75) is 0 Å². The van der Waals surface area contributed by atoms with E-state index in [0.717, 1.165) is 0 Å². The van der Waals surface area contributed by atoms with Crippen LogP contribution in [0, 0.1) is 23.7 Å². The largest absolute Gasteiger partial charge is 0.259 e. The topological polar surface area (TPSA) is 25.8 Å². The Morgan fingerprint density at radius 1 is 1.00 bits per heavy atom. The first kappa shape index (κ1) is 9.77. The van der Waals surface area contributed by atoms with E-state index < -0.39 is 0 Å². The van der Waals surface area contributed by atoms with Crippen LogP contribution in [0.25, 0.3) is 0 Å². The number of nitrogens with zero attached hydrogens (tertiary/aromatic N) is 2. The van der Waals surface area contributed by atoms with Crippen molar-refractivity contribution in [1.82, 2.24) is 9.97 Å². The normalized spacial score (nSPS) is 7.43.